The number of hydrogen-bond donors (Lipinski definition) is 2. The van der Waals surface area contributed by atoms with Gasteiger partial charge in [0.15, 0.2) is 11.5 Å². The minimum Gasteiger partial charge on any atom is -0.497 e. The zero-order valence-corrected chi connectivity index (χ0v) is 23.0. The molecule has 0 unspecified atom stereocenters. The number of carbonyl (C=O) groups is 1. The average molecular weight is 558 g/mol. The summed E-state index contributed by atoms with van der Waals surface area (Å²) in [5.41, 5.74) is 2.57. The Labute approximate surface area is 238 Å². The molecule has 1 saturated heterocycles. The zero-order valence-electron chi connectivity index (χ0n) is 23.0. The highest BCUT2D eigenvalue weighted by atomic mass is 16.5. The van der Waals surface area contributed by atoms with E-state index in [2.05, 4.69) is 25.5 Å². The predicted molar refractivity (Wildman–Crippen MR) is 155 cm³/mol. The Kier molecular flexibility index (Phi) is 8.65. The van der Waals surface area contributed by atoms with Crippen LogP contribution in [0.1, 0.15) is 10.4 Å². The first kappa shape index (κ1) is 27.5. The summed E-state index contributed by atoms with van der Waals surface area (Å²) in [4.78, 5) is 24.4. The van der Waals surface area contributed by atoms with Crippen LogP contribution >= 0.6 is 0 Å². The maximum absolute atomic E-state index is 13.1. The van der Waals surface area contributed by atoms with E-state index in [4.69, 9.17) is 23.7 Å². The number of morpholine rings is 1. The van der Waals surface area contributed by atoms with Gasteiger partial charge in [-0.05, 0) is 66.7 Å². The SMILES string of the molecule is COc1ccc(Oc2nc(Nc3ccc(N4CCOCC4)cc3)ncc2NC(=O)c2ccc(OC)c(OC)c2)cc1. The van der Waals surface area contributed by atoms with Crippen LogP contribution in [0.2, 0.25) is 0 Å². The van der Waals surface area contributed by atoms with E-state index in [0.717, 1.165) is 37.7 Å². The minimum absolute atomic E-state index is 0.159. The van der Waals surface area contributed by atoms with Crippen LogP contribution in [0.25, 0.3) is 0 Å². The van der Waals surface area contributed by atoms with Gasteiger partial charge in [0.2, 0.25) is 11.8 Å². The van der Waals surface area contributed by atoms with E-state index in [1.165, 1.54) is 20.4 Å². The Balaban J connectivity index is 1.38. The highest BCUT2D eigenvalue weighted by Gasteiger charge is 2.17. The van der Waals surface area contributed by atoms with Gasteiger partial charge in [-0.1, -0.05) is 0 Å². The molecule has 212 valence electrons. The molecule has 0 spiro atoms. The van der Waals surface area contributed by atoms with E-state index in [1.54, 1.807) is 49.6 Å². The topological polar surface area (TPSA) is 116 Å². The van der Waals surface area contributed by atoms with Gasteiger partial charge in [-0.25, -0.2) is 4.98 Å². The van der Waals surface area contributed by atoms with E-state index in [-0.39, 0.29) is 11.6 Å². The quantitative estimate of drug-likeness (QED) is 0.272. The van der Waals surface area contributed by atoms with Crippen molar-refractivity contribution in [2.45, 2.75) is 0 Å². The number of amides is 1. The number of rotatable bonds is 10. The number of benzene rings is 3. The highest BCUT2D eigenvalue weighted by Crippen LogP contribution is 2.32. The van der Waals surface area contributed by atoms with Gasteiger partial charge in [0.05, 0.1) is 40.7 Å². The fourth-order valence-corrected chi connectivity index (χ4v) is 4.22. The second-order valence-electron chi connectivity index (χ2n) is 8.99. The Morgan fingerprint density at radius 2 is 1.56 bits per heavy atom. The van der Waals surface area contributed by atoms with Crippen molar-refractivity contribution in [2.75, 3.05) is 63.2 Å². The Morgan fingerprint density at radius 3 is 2.24 bits per heavy atom. The summed E-state index contributed by atoms with van der Waals surface area (Å²) in [5.74, 6) is 2.21. The normalized spacial score (nSPS) is 12.8. The summed E-state index contributed by atoms with van der Waals surface area (Å²) in [6.45, 7) is 3.16. The van der Waals surface area contributed by atoms with Crippen LogP contribution in [0.3, 0.4) is 0 Å². The third-order valence-electron chi connectivity index (χ3n) is 6.42. The van der Waals surface area contributed by atoms with Gasteiger partial charge in [-0.3, -0.25) is 4.79 Å². The molecule has 0 atom stereocenters. The van der Waals surface area contributed by atoms with Gasteiger partial charge in [-0.2, -0.15) is 4.98 Å². The molecular formula is C30H31N5O6. The van der Waals surface area contributed by atoms with Gasteiger partial charge in [0.1, 0.15) is 17.2 Å². The van der Waals surface area contributed by atoms with E-state index in [1.807, 2.05) is 24.3 Å². The molecule has 1 amide bonds. The maximum Gasteiger partial charge on any atom is 0.255 e. The summed E-state index contributed by atoms with van der Waals surface area (Å²) in [7, 11) is 4.63. The zero-order chi connectivity index (χ0) is 28.6. The van der Waals surface area contributed by atoms with Crippen LogP contribution in [-0.4, -0.2) is 63.5 Å². The smallest absolute Gasteiger partial charge is 0.255 e. The molecule has 1 aromatic heterocycles. The first-order chi connectivity index (χ1) is 20.1. The van der Waals surface area contributed by atoms with E-state index >= 15 is 0 Å². The van der Waals surface area contributed by atoms with Crippen LogP contribution in [0.15, 0.2) is 72.9 Å². The van der Waals surface area contributed by atoms with Crippen LogP contribution < -0.4 is 34.5 Å². The lowest BCUT2D eigenvalue weighted by molar-refractivity contribution is 0.102. The van der Waals surface area contributed by atoms with Crippen molar-refractivity contribution in [3.63, 3.8) is 0 Å². The van der Waals surface area contributed by atoms with Crippen LogP contribution in [0, 0.1) is 0 Å². The Bertz CT molecular complexity index is 1470. The number of nitrogens with one attached hydrogen (secondary N) is 2. The van der Waals surface area contributed by atoms with Crippen molar-refractivity contribution in [3.05, 3.63) is 78.5 Å². The molecule has 11 heteroatoms. The van der Waals surface area contributed by atoms with E-state index < -0.39 is 5.91 Å². The fraction of sp³-hybridized carbons (Fsp3) is 0.233. The molecule has 4 aromatic rings. The van der Waals surface area contributed by atoms with Gasteiger partial charge in [0, 0.05) is 30.0 Å². The summed E-state index contributed by atoms with van der Waals surface area (Å²) in [5, 5.41) is 6.05. The molecule has 0 bridgehead atoms. The van der Waals surface area contributed by atoms with Gasteiger partial charge >= 0.3 is 0 Å². The largest absolute Gasteiger partial charge is 0.497 e. The standard InChI is InChI=1S/C30H31N5O6/c1-37-23-9-11-24(12-10-23)41-29-25(33-28(36)20-4-13-26(38-2)27(18-20)39-3)19-31-30(34-29)32-21-5-7-22(8-6-21)35-14-16-40-17-15-35/h4-13,18-19H,14-17H2,1-3H3,(H,33,36)(H,31,32,34). The van der Waals surface area contributed by atoms with Crippen molar-refractivity contribution in [3.8, 4) is 28.9 Å². The number of hydrogen-bond acceptors (Lipinski definition) is 10. The maximum atomic E-state index is 13.1. The number of ether oxygens (including phenoxy) is 5. The molecule has 0 saturated carbocycles. The first-order valence-electron chi connectivity index (χ1n) is 13.0. The molecule has 1 fully saturated rings. The third kappa shape index (κ3) is 6.76. The van der Waals surface area contributed by atoms with Crippen molar-refractivity contribution < 1.29 is 28.5 Å². The average Bonchev–Trinajstić information content (AvgIpc) is 3.03. The molecule has 0 radical (unpaired) electrons. The van der Waals surface area contributed by atoms with Crippen LogP contribution in [-0.2, 0) is 4.74 Å². The lowest BCUT2D eigenvalue weighted by atomic mass is 10.2. The number of aromatic nitrogens is 2. The predicted octanol–water partition coefficient (Wildman–Crippen LogP) is 5.13. The highest BCUT2D eigenvalue weighted by molar-refractivity contribution is 6.05. The van der Waals surface area contributed by atoms with Crippen molar-refractivity contribution in [1.82, 2.24) is 9.97 Å². The minimum atomic E-state index is -0.395. The summed E-state index contributed by atoms with van der Waals surface area (Å²) in [6.07, 6.45) is 1.49. The summed E-state index contributed by atoms with van der Waals surface area (Å²) >= 11 is 0. The third-order valence-corrected chi connectivity index (χ3v) is 6.42. The summed E-state index contributed by atoms with van der Waals surface area (Å²) < 4.78 is 27.4. The van der Waals surface area contributed by atoms with Crippen molar-refractivity contribution in [1.29, 1.82) is 0 Å². The Hall–Kier alpha value is -5.03. The number of nitrogens with zero attached hydrogens (tertiary/aromatic N) is 3. The van der Waals surface area contributed by atoms with E-state index in [0.29, 0.717) is 34.5 Å². The first-order valence-corrected chi connectivity index (χ1v) is 13.0. The molecule has 5 rings (SSSR count). The van der Waals surface area contributed by atoms with Gasteiger partial charge < -0.3 is 39.2 Å². The second-order valence-corrected chi connectivity index (χ2v) is 8.99. The van der Waals surface area contributed by atoms with Crippen molar-refractivity contribution in [2.24, 2.45) is 0 Å². The molecular weight excluding hydrogens is 526 g/mol. The molecule has 3 aromatic carbocycles. The van der Waals surface area contributed by atoms with Gasteiger partial charge in [0.25, 0.3) is 5.91 Å². The number of anilines is 4. The molecule has 11 nitrogen and oxygen atoms in total. The Morgan fingerprint density at radius 1 is 0.854 bits per heavy atom. The number of carbonyl (C=O) groups excluding carboxylic acids is 1. The lowest BCUT2D eigenvalue weighted by Gasteiger charge is -2.28. The lowest BCUT2D eigenvalue weighted by Crippen LogP contribution is -2.36. The monoisotopic (exact) mass is 557 g/mol. The molecule has 0 aliphatic carbocycles. The van der Waals surface area contributed by atoms with Crippen LogP contribution in [0.5, 0.6) is 28.9 Å². The molecule has 2 N–H and O–H groups in total. The molecule has 1 aliphatic rings. The molecule has 2 heterocycles. The van der Waals surface area contributed by atoms with Crippen LogP contribution in [0.4, 0.5) is 23.0 Å². The molecule has 41 heavy (non-hydrogen) atoms. The van der Waals surface area contributed by atoms with Crippen molar-refractivity contribution >= 4 is 28.9 Å². The fourth-order valence-electron chi connectivity index (χ4n) is 4.22. The second kappa shape index (κ2) is 12.9. The molecule has 1 aliphatic heterocycles. The number of methoxy groups -OCH3 is 3. The van der Waals surface area contributed by atoms with E-state index in [9.17, 15) is 4.79 Å². The summed E-state index contributed by atoms with van der Waals surface area (Å²) in [6, 6.07) is 19.9. The van der Waals surface area contributed by atoms with Gasteiger partial charge in [-0.15, -0.1) is 0 Å².